The predicted octanol–water partition coefficient (Wildman–Crippen LogP) is 3.03. The Hall–Kier alpha value is -0.930. The van der Waals surface area contributed by atoms with Gasteiger partial charge in [-0.25, -0.2) is 0 Å². The SMILES string of the molecule is CCOc1cc(Cl)c(CCCN)cc1OCC. The fourth-order valence-corrected chi connectivity index (χ4v) is 1.85. The summed E-state index contributed by atoms with van der Waals surface area (Å²) in [6, 6.07) is 3.77. The van der Waals surface area contributed by atoms with E-state index in [1.54, 1.807) is 0 Å². The van der Waals surface area contributed by atoms with Gasteiger partial charge in [-0.2, -0.15) is 0 Å². The normalized spacial score (nSPS) is 10.4. The second kappa shape index (κ2) is 7.41. The van der Waals surface area contributed by atoms with Gasteiger partial charge in [-0.1, -0.05) is 11.6 Å². The molecule has 96 valence electrons. The lowest BCUT2D eigenvalue weighted by molar-refractivity contribution is 0.287. The molecule has 0 amide bonds. The van der Waals surface area contributed by atoms with Crippen LogP contribution in [0.5, 0.6) is 11.5 Å². The topological polar surface area (TPSA) is 44.5 Å². The molecule has 0 heterocycles. The zero-order chi connectivity index (χ0) is 12.7. The van der Waals surface area contributed by atoms with Crippen molar-refractivity contribution in [3.63, 3.8) is 0 Å². The van der Waals surface area contributed by atoms with Gasteiger partial charge < -0.3 is 15.2 Å². The lowest BCUT2D eigenvalue weighted by atomic mass is 10.1. The minimum atomic E-state index is 0.596. The maximum atomic E-state index is 6.20. The van der Waals surface area contributed by atoms with Crippen molar-refractivity contribution in [3.8, 4) is 11.5 Å². The maximum Gasteiger partial charge on any atom is 0.162 e. The molecule has 2 N–H and O–H groups in total. The molecule has 3 nitrogen and oxygen atoms in total. The number of ether oxygens (including phenoxy) is 2. The molecular formula is C13H20ClNO2. The molecule has 17 heavy (non-hydrogen) atoms. The predicted molar refractivity (Wildman–Crippen MR) is 71.2 cm³/mol. The van der Waals surface area contributed by atoms with Crippen LogP contribution in [0.25, 0.3) is 0 Å². The van der Waals surface area contributed by atoms with E-state index in [-0.39, 0.29) is 0 Å². The molecule has 0 bridgehead atoms. The number of rotatable bonds is 7. The summed E-state index contributed by atoms with van der Waals surface area (Å²) in [6.45, 7) is 5.75. The summed E-state index contributed by atoms with van der Waals surface area (Å²) in [5.74, 6) is 1.46. The van der Waals surface area contributed by atoms with Gasteiger partial charge in [0, 0.05) is 11.1 Å². The van der Waals surface area contributed by atoms with Crippen molar-refractivity contribution in [3.05, 3.63) is 22.7 Å². The van der Waals surface area contributed by atoms with E-state index in [1.807, 2.05) is 26.0 Å². The molecule has 0 atom stereocenters. The van der Waals surface area contributed by atoms with Gasteiger partial charge >= 0.3 is 0 Å². The summed E-state index contributed by atoms with van der Waals surface area (Å²) in [5, 5.41) is 0.713. The van der Waals surface area contributed by atoms with E-state index in [4.69, 9.17) is 26.8 Å². The number of hydrogen-bond acceptors (Lipinski definition) is 3. The number of hydrogen-bond donors (Lipinski definition) is 1. The van der Waals surface area contributed by atoms with Gasteiger partial charge in [0.1, 0.15) is 0 Å². The van der Waals surface area contributed by atoms with Crippen molar-refractivity contribution < 1.29 is 9.47 Å². The van der Waals surface area contributed by atoms with Gasteiger partial charge in [-0.15, -0.1) is 0 Å². The van der Waals surface area contributed by atoms with Crippen molar-refractivity contribution in [2.75, 3.05) is 19.8 Å². The van der Waals surface area contributed by atoms with Crippen LogP contribution in [0.15, 0.2) is 12.1 Å². The molecule has 0 aliphatic heterocycles. The van der Waals surface area contributed by atoms with Crippen LogP contribution in [0.1, 0.15) is 25.8 Å². The van der Waals surface area contributed by atoms with Crippen molar-refractivity contribution in [1.82, 2.24) is 0 Å². The quantitative estimate of drug-likeness (QED) is 0.817. The van der Waals surface area contributed by atoms with E-state index in [0.29, 0.717) is 30.5 Å². The van der Waals surface area contributed by atoms with E-state index in [1.165, 1.54) is 0 Å². The highest BCUT2D eigenvalue weighted by molar-refractivity contribution is 6.31. The van der Waals surface area contributed by atoms with E-state index in [2.05, 4.69) is 0 Å². The third-order valence-electron chi connectivity index (χ3n) is 2.36. The summed E-state index contributed by atoms with van der Waals surface area (Å²) in [6.07, 6.45) is 1.78. The van der Waals surface area contributed by atoms with Crippen LogP contribution in [0.2, 0.25) is 5.02 Å². The third-order valence-corrected chi connectivity index (χ3v) is 2.71. The van der Waals surface area contributed by atoms with E-state index < -0.39 is 0 Å². The Kier molecular flexibility index (Phi) is 6.16. The molecule has 0 radical (unpaired) electrons. The summed E-state index contributed by atoms with van der Waals surface area (Å²) in [4.78, 5) is 0. The Morgan fingerprint density at radius 2 is 1.71 bits per heavy atom. The second-order valence-corrected chi connectivity index (χ2v) is 4.06. The van der Waals surface area contributed by atoms with Crippen LogP contribution in [-0.2, 0) is 6.42 Å². The van der Waals surface area contributed by atoms with Crippen LogP contribution in [-0.4, -0.2) is 19.8 Å². The minimum absolute atomic E-state index is 0.596. The molecule has 0 aromatic heterocycles. The second-order valence-electron chi connectivity index (χ2n) is 3.65. The molecule has 4 heteroatoms. The molecule has 1 aromatic rings. The summed E-state index contributed by atoms with van der Waals surface area (Å²) >= 11 is 6.20. The fourth-order valence-electron chi connectivity index (χ4n) is 1.60. The van der Waals surface area contributed by atoms with Crippen molar-refractivity contribution in [2.45, 2.75) is 26.7 Å². The van der Waals surface area contributed by atoms with Gasteiger partial charge in [0.15, 0.2) is 11.5 Å². The van der Waals surface area contributed by atoms with Crippen molar-refractivity contribution in [2.24, 2.45) is 5.73 Å². The van der Waals surface area contributed by atoms with Crippen LogP contribution < -0.4 is 15.2 Å². The standard InChI is InChI=1S/C13H20ClNO2/c1-3-16-12-8-10(6-5-7-15)11(14)9-13(12)17-4-2/h8-9H,3-7,15H2,1-2H3. The summed E-state index contributed by atoms with van der Waals surface area (Å²) in [7, 11) is 0. The number of aryl methyl sites for hydroxylation is 1. The summed E-state index contributed by atoms with van der Waals surface area (Å²) < 4.78 is 11.0. The molecule has 0 spiro atoms. The highest BCUT2D eigenvalue weighted by atomic mass is 35.5. The average Bonchev–Trinajstić information content (AvgIpc) is 2.31. The molecule has 0 saturated carbocycles. The summed E-state index contributed by atoms with van der Waals surface area (Å²) in [5.41, 5.74) is 6.56. The van der Waals surface area contributed by atoms with Gasteiger partial charge in [-0.3, -0.25) is 0 Å². The first-order chi connectivity index (χ1) is 8.22. The van der Waals surface area contributed by atoms with Gasteiger partial charge in [0.25, 0.3) is 0 Å². The smallest absolute Gasteiger partial charge is 0.162 e. The highest BCUT2D eigenvalue weighted by Gasteiger charge is 2.10. The van der Waals surface area contributed by atoms with Gasteiger partial charge in [0.05, 0.1) is 13.2 Å². The lowest BCUT2D eigenvalue weighted by Crippen LogP contribution is -2.03. The average molecular weight is 258 g/mol. The Balaban J connectivity index is 2.96. The Morgan fingerprint density at radius 1 is 1.12 bits per heavy atom. The lowest BCUT2D eigenvalue weighted by Gasteiger charge is -2.13. The van der Waals surface area contributed by atoms with Gasteiger partial charge in [0.2, 0.25) is 0 Å². The maximum absolute atomic E-state index is 6.20. The van der Waals surface area contributed by atoms with Crippen LogP contribution >= 0.6 is 11.6 Å². The van der Waals surface area contributed by atoms with E-state index in [0.717, 1.165) is 24.2 Å². The Morgan fingerprint density at radius 3 is 2.24 bits per heavy atom. The first-order valence-corrected chi connectivity index (χ1v) is 6.38. The van der Waals surface area contributed by atoms with Crippen molar-refractivity contribution >= 4 is 11.6 Å². The zero-order valence-corrected chi connectivity index (χ0v) is 11.2. The van der Waals surface area contributed by atoms with Crippen molar-refractivity contribution in [1.29, 1.82) is 0 Å². The number of benzene rings is 1. The molecule has 1 rings (SSSR count). The zero-order valence-electron chi connectivity index (χ0n) is 10.5. The first kappa shape index (κ1) is 14.1. The fraction of sp³-hybridized carbons (Fsp3) is 0.538. The molecular weight excluding hydrogens is 238 g/mol. The molecule has 0 saturated heterocycles. The number of halogens is 1. The van der Waals surface area contributed by atoms with Crippen LogP contribution in [0, 0.1) is 0 Å². The van der Waals surface area contributed by atoms with Crippen LogP contribution in [0.4, 0.5) is 0 Å². The number of nitrogens with two attached hydrogens (primary N) is 1. The largest absolute Gasteiger partial charge is 0.490 e. The minimum Gasteiger partial charge on any atom is -0.490 e. The van der Waals surface area contributed by atoms with E-state index >= 15 is 0 Å². The Labute approximate surface area is 108 Å². The molecule has 0 unspecified atom stereocenters. The van der Waals surface area contributed by atoms with E-state index in [9.17, 15) is 0 Å². The Bertz CT molecular complexity index is 356. The molecule has 0 fully saturated rings. The third kappa shape index (κ3) is 4.10. The van der Waals surface area contributed by atoms with Gasteiger partial charge in [-0.05, 0) is 44.9 Å². The monoisotopic (exact) mass is 257 g/mol. The first-order valence-electron chi connectivity index (χ1n) is 6.01. The highest BCUT2D eigenvalue weighted by Crippen LogP contribution is 2.34. The molecule has 0 aliphatic carbocycles. The molecule has 0 aliphatic rings. The van der Waals surface area contributed by atoms with Crippen LogP contribution in [0.3, 0.4) is 0 Å². The molecule has 1 aromatic carbocycles.